The van der Waals surface area contributed by atoms with Crippen LogP contribution >= 0.6 is 23.5 Å². The van der Waals surface area contributed by atoms with Crippen molar-refractivity contribution in [3.05, 3.63) is 33.6 Å². The molecular formula is C16H18O2S2. The van der Waals surface area contributed by atoms with Crippen molar-refractivity contribution >= 4 is 35.1 Å². The van der Waals surface area contributed by atoms with Crippen LogP contribution in [0.15, 0.2) is 37.8 Å². The number of hydrogen-bond donors (Lipinski definition) is 0. The lowest BCUT2D eigenvalue weighted by Crippen LogP contribution is -2.10. The fourth-order valence-corrected chi connectivity index (χ4v) is 4.78. The molecule has 2 rings (SSSR count). The molecule has 1 aliphatic rings. The highest BCUT2D eigenvalue weighted by Crippen LogP contribution is 2.53. The summed E-state index contributed by atoms with van der Waals surface area (Å²) in [5, 5.41) is 0. The maximum Gasteiger partial charge on any atom is 0.165 e. The Labute approximate surface area is 128 Å². The Kier molecular flexibility index (Phi) is 4.17. The number of benzene rings is 1. The number of Topliss-reactive ketones (excluding diaryl/α,β-unsaturated/α-hetero) is 2. The Hall–Kier alpha value is -1.00. The van der Waals surface area contributed by atoms with Crippen LogP contribution in [0.2, 0.25) is 0 Å². The number of thioether (sulfide) groups is 2. The largest absolute Gasteiger partial charge is 0.294 e. The van der Waals surface area contributed by atoms with E-state index in [1.807, 2.05) is 0 Å². The van der Waals surface area contributed by atoms with E-state index < -0.39 is 0 Å². The van der Waals surface area contributed by atoms with Crippen molar-refractivity contribution < 1.29 is 9.59 Å². The van der Waals surface area contributed by atoms with Crippen molar-refractivity contribution in [3.63, 3.8) is 0 Å². The molecule has 1 aromatic carbocycles. The molecule has 1 heterocycles. The molecule has 106 valence electrons. The second kappa shape index (κ2) is 5.41. The van der Waals surface area contributed by atoms with Crippen LogP contribution in [0.4, 0.5) is 0 Å². The molecular weight excluding hydrogens is 288 g/mol. The number of ketones is 2. The van der Waals surface area contributed by atoms with Crippen molar-refractivity contribution in [2.24, 2.45) is 0 Å². The third kappa shape index (κ3) is 3.01. The van der Waals surface area contributed by atoms with Gasteiger partial charge in [-0.1, -0.05) is 50.4 Å². The molecule has 20 heavy (non-hydrogen) atoms. The van der Waals surface area contributed by atoms with Crippen molar-refractivity contribution in [3.8, 4) is 0 Å². The molecule has 0 saturated heterocycles. The van der Waals surface area contributed by atoms with Crippen molar-refractivity contribution in [1.82, 2.24) is 0 Å². The van der Waals surface area contributed by atoms with Crippen LogP contribution in [0.25, 0.3) is 0 Å². The minimum atomic E-state index is -0.156. The highest BCUT2D eigenvalue weighted by atomic mass is 32.2. The van der Waals surface area contributed by atoms with Gasteiger partial charge >= 0.3 is 0 Å². The number of rotatable bonds is 2. The van der Waals surface area contributed by atoms with Gasteiger partial charge in [-0.2, -0.15) is 0 Å². The van der Waals surface area contributed by atoms with Crippen LogP contribution in [0.5, 0.6) is 0 Å². The molecule has 1 aliphatic heterocycles. The van der Waals surface area contributed by atoms with E-state index in [1.54, 1.807) is 0 Å². The minimum absolute atomic E-state index is 0.0940. The normalized spacial score (nSPS) is 14.2. The first-order valence-corrected chi connectivity index (χ1v) is 8.10. The zero-order valence-electron chi connectivity index (χ0n) is 12.4. The molecule has 0 aromatic heterocycles. The maximum atomic E-state index is 11.6. The predicted molar refractivity (Wildman–Crippen MR) is 85.2 cm³/mol. The molecule has 1 aromatic rings. The first-order chi connectivity index (χ1) is 9.20. The summed E-state index contributed by atoms with van der Waals surface area (Å²) in [6.45, 7) is 9.43. The molecule has 2 nitrogen and oxygen atoms in total. The summed E-state index contributed by atoms with van der Waals surface area (Å²) in [7, 11) is 0. The first kappa shape index (κ1) is 15.4. The Balaban J connectivity index is 2.44. The number of carbonyl (C=O) groups is 2. The SMILES string of the molecule is CC(=O)C(C(C)=O)=C1Sc2ccc(C(C)(C)C)cc2S1. The maximum absolute atomic E-state index is 11.6. The Morgan fingerprint density at radius 1 is 0.950 bits per heavy atom. The van der Waals surface area contributed by atoms with Gasteiger partial charge in [0.05, 0.1) is 9.81 Å². The summed E-state index contributed by atoms with van der Waals surface area (Å²) in [5.41, 5.74) is 1.68. The average Bonchev–Trinajstić information content (AvgIpc) is 2.68. The number of fused-ring (bicyclic) bond motifs is 1. The minimum Gasteiger partial charge on any atom is -0.294 e. The Morgan fingerprint density at radius 3 is 2.00 bits per heavy atom. The van der Waals surface area contributed by atoms with Crippen LogP contribution in [0, 0.1) is 0 Å². The summed E-state index contributed by atoms with van der Waals surface area (Å²) in [6.07, 6.45) is 0. The van der Waals surface area contributed by atoms with Gasteiger partial charge in [0, 0.05) is 9.79 Å². The van der Waals surface area contributed by atoms with Gasteiger partial charge in [-0.15, -0.1) is 0 Å². The van der Waals surface area contributed by atoms with E-state index in [2.05, 4.69) is 39.0 Å². The predicted octanol–water partition coefficient (Wildman–Crippen LogP) is 4.57. The second-order valence-electron chi connectivity index (χ2n) is 5.89. The summed E-state index contributed by atoms with van der Waals surface area (Å²) in [6, 6.07) is 6.37. The fourth-order valence-electron chi connectivity index (χ4n) is 2.00. The molecule has 0 spiro atoms. The fraction of sp³-hybridized carbons (Fsp3) is 0.375. The van der Waals surface area contributed by atoms with E-state index in [0.29, 0.717) is 5.57 Å². The lowest BCUT2D eigenvalue weighted by atomic mass is 9.87. The van der Waals surface area contributed by atoms with Crippen LogP contribution in [-0.4, -0.2) is 11.6 Å². The third-order valence-electron chi connectivity index (χ3n) is 3.12. The summed E-state index contributed by atoms with van der Waals surface area (Å²) >= 11 is 3.05. The van der Waals surface area contributed by atoms with Crippen molar-refractivity contribution in [2.75, 3.05) is 0 Å². The molecule has 0 radical (unpaired) electrons. The lowest BCUT2D eigenvalue weighted by Gasteiger charge is -2.19. The Bertz CT molecular complexity index is 606. The molecule has 0 aliphatic carbocycles. The highest BCUT2D eigenvalue weighted by molar-refractivity contribution is 8.24. The summed E-state index contributed by atoms with van der Waals surface area (Å²) < 4.78 is 0.811. The van der Waals surface area contributed by atoms with Gasteiger partial charge in [-0.3, -0.25) is 9.59 Å². The van der Waals surface area contributed by atoms with Gasteiger partial charge in [0.25, 0.3) is 0 Å². The zero-order valence-corrected chi connectivity index (χ0v) is 14.0. The topological polar surface area (TPSA) is 34.1 Å². The zero-order chi connectivity index (χ0) is 15.1. The van der Waals surface area contributed by atoms with Crippen LogP contribution < -0.4 is 0 Å². The molecule has 0 atom stereocenters. The quantitative estimate of drug-likeness (QED) is 0.455. The molecule has 0 N–H and O–H groups in total. The van der Waals surface area contributed by atoms with E-state index in [4.69, 9.17) is 0 Å². The molecule has 4 heteroatoms. The van der Waals surface area contributed by atoms with Crippen molar-refractivity contribution in [2.45, 2.75) is 49.8 Å². The van der Waals surface area contributed by atoms with Gasteiger partial charge in [0.15, 0.2) is 11.6 Å². The molecule has 0 amide bonds. The molecule has 0 bridgehead atoms. The molecule has 0 fully saturated rings. The number of carbonyl (C=O) groups excluding carboxylic acids is 2. The van der Waals surface area contributed by atoms with Gasteiger partial charge < -0.3 is 0 Å². The monoisotopic (exact) mass is 306 g/mol. The van der Waals surface area contributed by atoms with E-state index >= 15 is 0 Å². The van der Waals surface area contributed by atoms with E-state index in [1.165, 1.54) is 42.9 Å². The number of allylic oxidation sites excluding steroid dienone is 1. The average molecular weight is 306 g/mol. The Morgan fingerprint density at radius 2 is 1.50 bits per heavy atom. The molecule has 0 unspecified atom stereocenters. The first-order valence-electron chi connectivity index (χ1n) is 6.46. The smallest absolute Gasteiger partial charge is 0.165 e. The van der Waals surface area contributed by atoms with Gasteiger partial charge in [-0.25, -0.2) is 0 Å². The van der Waals surface area contributed by atoms with Crippen molar-refractivity contribution in [1.29, 1.82) is 0 Å². The van der Waals surface area contributed by atoms with Crippen LogP contribution in [-0.2, 0) is 15.0 Å². The van der Waals surface area contributed by atoms with E-state index in [-0.39, 0.29) is 17.0 Å². The van der Waals surface area contributed by atoms with E-state index in [0.717, 1.165) is 14.0 Å². The lowest BCUT2D eigenvalue weighted by molar-refractivity contribution is -0.119. The van der Waals surface area contributed by atoms with Crippen LogP contribution in [0.3, 0.4) is 0 Å². The second-order valence-corrected chi connectivity index (χ2v) is 8.25. The van der Waals surface area contributed by atoms with Gasteiger partial charge in [0.2, 0.25) is 0 Å². The van der Waals surface area contributed by atoms with E-state index in [9.17, 15) is 9.59 Å². The van der Waals surface area contributed by atoms with Gasteiger partial charge in [-0.05, 0) is 37.0 Å². The summed E-state index contributed by atoms with van der Waals surface area (Å²) in [5.74, 6) is -0.312. The number of hydrogen-bond acceptors (Lipinski definition) is 4. The van der Waals surface area contributed by atoms with Crippen LogP contribution in [0.1, 0.15) is 40.2 Å². The van der Waals surface area contributed by atoms with Gasteiger partial charge in [0.1, 0.15) is 0 Å². The molecule has 0 saturated carbocycles. The standard InChI is InChI=1S/C16H18O2S2/c1-9(17)14(10(2)18)15-19-12-7-6-11(16(3,4)5)8-13(12)20-15/h6-8H,1-5H3. The highest BCUT2D eigenvalue weighted by Gasteiger charge is 2.26. The summed E-state index contributed by atoms with van der Waals surface area (Å²) in [4.78, 5) is 25.5. The third-order valence-corrected chi connectivity index (χ3v) is 5.67.